The monoisotopic (exact) mass is 234 g/mol. The number of rotatable bonds is 5. The minimum absolute atomic E-state index is 0.481. The van der Waals surface area contributed by atoms with Crippen LogP contribution in [0.5, 0.6) is 0 Å². The Morgan fingerprint density at radius 1 is 1.24 bits per heavy atom. The van der Waals surface area contributed by atoms with Crippen LogP contribution in [-0.4, -0.2) is 32.3 Å². The number of anilines is 2. The topological polar surface area (TPSA) is 24.5 Å². The highest BCUT2D eigenvalue weighted by molar-refractivity contribution is 5.55. The summed E-state index contributed by atoms with van der Waals surface area (Å²) in [5.74, 6) is 0. The molecule has 0 bridgehead atoms. The van der Waals surface area contributed by atoms with Crippen LogP contribution in [0.15, 0.2) is 24.3 Å². The average Bonchev–Trinajstić information content (AvgIpc) is 2.86. The normalized spacial score (nSPS) is 19.3. The van der Waals surface area contributed by atoms with Gasteiger partial charge in [0.15, 0.2) is 0 Å². The van der Waals surface area contributed by atoms with E-state index >= 15 is 0 Å². The fraction of sp³-hybridized carbons (Fsp3) is 0.571. The average molecular weight is 234 g/mol. The van der Waals surface area contributed by atoms with Gasteiger partial charge in [0, 0.05) is 31.1 Å². The van der Waals surface area contributed by atoms with Gasteiger partial charge in [0.1, 0.15) is 0 Å². The summed E-state index contributed by atoms with van der Waals surface area (Å²) in [6.07, 6.45) is 1.11. The van der Waals surface area contributed by atoms with Crippen molar-refractivity contribution in [2.75, 3.05) is 36.5 Å². The number of benzene rings is 1. The number of hydrogen-bond acceptors (Lipinski definition) is 3. The number of hydrogen-bond donors (Lipinski definition) is 1. The van der Waals surface area contributed by atoms with Crippen molar-refractivity contribution in [1.29, 1.82) is 0 Å². The SMILES string of the molecule is CCN(CC)c1ccc(NC2CCOC2)cc1. The Morgan fingerprint density at radius 3 is 2.47 bits per heavy atom. The van der Waals surface area contributed by atoms with Crippen LogP contribution >= 0.6 is 0 Å². The Morgan fingerprint density at radius 2 is 1.94 bits per heavy atom. The van der Waals surface area contributed by atoms with E-state index in [2.05, 4.69) is 48.3 Å². The molecule has 0 spiro atoms. The van der Waals surface area contributed by atoms with Gasteiger partial charge in [-0.2, -0.15) is 0 Å². The molecule has 0 aromatic heterocycles. The fourth-order valence-corrected chi connectivity index (χ4v) is 2.24. The Labute approximate surface area is 104 Å². The first kappa shape index (κ1) is 12.2. The molecule has 0 radical (unpaired) electrons. The van der Waals surface area contributed by atoms with Gasteiger partial charge >= 0.3 is 0 Å². The first-order chi connectivity index (χ1) is 8.33. The smallest absolute Gasteiger partial charge is 0.0668 e. The molecule has 1 aliphatic heterocycles. The Bertz CT molecular complexity index is 327. The molecule has 94 valence electrons. The molecule has 1 heterocycles. The van der Waals surface area contributed by atoms with Crippen molar-refractivity contribution in [3.8, 4) is 0 Å². The second kappa shape index (κ2) is 5.92. The lowest BCUT2D eigenvalue weighted by Gasteiger charge is -2.21. The molecule has 1 fully saturated rings. The minimum atomic E-state index is 0.481. The second-order valence-electron chi connectivity index (χ2n) is 4.42. The van der Waals surface area contributed by atoms with Gasteiger partial charge in [-0.05, 0) is 44.5 Å². The lowest BCUT2D eigenvalue weighted by Crippen LogP contribution is -2.22. The van der Waals surface area contributed by atoms with E-state index in [9.17, 15) is 0 Å². The highest BCUT2D eigenvalue weighted by Gasteiger charge is 2.14. The third-order valence-electron chi connectivity index (χ3n) is 3.30. The molecule has 0 aliphatic carbocycles. The zero-order valence-electron chi connectivity index (χ0n) is 10.8. The summed E-state index contributed by atoms with van der Waals surface area (Å²) in [5.41, 5.74) is 2.49. The van der Waals surface area contributed by atoms with Crippen molar-refractivity contribution in [2.24, 2.45) is 0 Å². The molecule has 1 atom stereocenters. The first-order valence-electron chi connectivity index (χ1n) is 6.52. The largest absolute Gasteiger partial charge is 0.380 e. The van der Waals surface area contributed by atoms with Gasteiger partial charge in [-0.25, -0.2) is 0 Å². The van der Waals surface area contributed by atoms with Crippen molar-refractivity contribution >= 4 is 11.4 Å². The standard InChI is InChI=1S/C14H22N2O/c1-3-16(4-2)14-7-5-12(6-8-14)15-13-9-10-17-11-13/h5-8,13,15H,3-4,9-11H2,1-2H3. The molecular weight excluding hydrogens is 212 g/mol. The van der Waals surface area contributed by atoms with E-state index in [0.29, 0.717) is 6.04 Å². The molecule has 0 amide bonds. The summed E-state index contributed by atoms with van der Waals surface area (Å²) in [6, 6.07) is 9.17. The molecule has 3 nitrogen and oxygen atoms in total. The summed E-state index contributed by atoms with van der Waals surface area (Å²) in [6.45, 7) is 8.20. The van der Waals surface area contributed by atoms with Crippen LogP contribution in [0.3, 0.4) is 0 Å². The van der Waals surface area contributed by atoms with Crippen molar-refractivity contribution in [3.05, 3.63) is 24.3 Å². The van der Waals surface area contributed by atoms with Crippen molar-refractivity contribution in [2.45, 2.75) is 26.3 Å². The van der Waals surface area contributed by atoms with E-state index in [1.54, 1.807) is 0 Å². The van der Waals surface area contributed by atoms with E-state index in [1.165, 1.54) is 11.4 Å². The summed E-state index contributed by atoms with van der Waals surface area (Å²) in [4.78, 5) is 2.35. The van der Waals surface area contributed by atoms with Crippen molar-refractivity contribution in [3.63, 3.8) is 0 Å². The Kier molecular flexibility index (Phi) is 4.26. The molecule has 1 aromatic carbocycles. The molecule has 0 saturated carbocycles. The summed E-state index contributed by atoms with van der Waals surface area (Å²) in [7, 11) is 0. The van der Waals surface area contributed by atoms with E-state index in [-0.39, 0.29) is 0 Å². The molecule has 1 saturated heterocycles. The molecule has 1 aliphatic rings. The number of nitrogens with one attached hydrogen (secondary N) is 1. The molecule has 17 heavy (non-hydrogen) atoms. The van der Waals surface area contributed by atoms with Gasteiger partial charge < -0.3 is 15.0 Å². The van der Waals surface area contributed by atoms with Gasteiger partial charge in [0.05, 0.1) is 12.6 Å². The zero-order chi connectivity index (χ0) is 12.1. The van der Waals surface area contributed by atoms with Gasteiger partial charge in [0.2, 0.25) is 0 Å². The lowest BCUT2D eigenvalue weighted by atomic mass is 10.2. The highest BCUT2D eigenvalue weighted by atomic mass is 16.5. The third-order valence-corrected chi connectivity index (χ3v) is 3.30. The molecule has 1 aromatic rings. The quantitative estimate of drug-likeness (QED) is 0.848. The summed E-state index contributed by atoms with van der Waals surface area (Å²) in [5, 5.41) is 3.50. The highest BCUT2D eigenvalue weighted by Crippen LogP contribution is 2.19. The van der Waals surface area contributed by atoms with Crippen LogP contribution in [-0.2, 0) is 4.74 Å². The zero-order valence-corrected chi connectivity index (χ0v) is 10.8. The van der Waals surface area contributed by atoms with E-state index in [4.69, 9.17) is 4.74 Å². The second-order valence-corrected chi connectivity index (χ2v) is 4.42. The maximum atomic E-state index is 5.36. The predicted molar refractivity (Wildman–Crippen MR) is 72.8 cm³/mol. The van der Waals surface area contributed by atoms with E-state index in [1.807, 2.05) is 0 Å². The van der Waals surface area contributed by atoms with Crippen molar-refractivity contribution < 1.29 is 4.74 Å². The third kappa shape index (κ3) is 3.13. The predicted octanol–water partition coefficient (Wildman–Crippen LogP) is 2.73. The van der Waals surface area contributed by atoms with E-state index < -0.39 is 0 Å². The maximum Gasteiger partial charge on any atom is 0.0668 e. The minimum Gasteiger partial charge on any atom is -0.380 e. The van der Waals surface area contributed by atoms with Crippen LogP contribution in [0.2, 0.25) is 0 Å². The first-order valence-corrected chi connectivity index (χ1v) is 6.52. The van der Waals surface area contributed by atoms with Crippen LogP contribution < -0.4 is 10.2 Å². The van der Waals surface area contributed by atoms with Crippen molar-refractivity contribution in [1.82, 2.24) is 0 Å². The van der Waals surface area contributed by atoms with Crippen LogP contribution in [0.25, 0.3) is 0 Å². The molecule has 2 rings (SSSR count). The summed E-state index contributed by atoms with van der Waals surface area (Å²) >= 11 is 0. The van der Waals surface area contributed by atoms with Gasteiger partial charge in [-0.1, -0.05) is 0 Å². The molecule has 1 N–H and O–H groups in total. The molecular formula is C14H22N2O. The maximum absolute atomic E-state index is 5.36. The van der Waals surface area contributed by atoms with Gasteiger partial charge in [-0.3, -0.25) is 0 Å². The molecule has 1 unspecified atom stereocenters. The molecule has 3 heteroatoms. The number of nitrogens with zero attached hydrogens (tertiary/aromatic N) is 1. The van der Waals surface area contributed by atoms with Crippen LogP contribution in [0, 0.1) is 0 Å². The Balaban J connectivity index is 1.96. The van der Waals surface area contributed by atoms with Gasteiger partial charge in [-0.15, -0.1) is 0 Å². The van der Waals surface area contributed by atoms with E-state index in [0.717, 1.165) is 32.7 Å². The Hall–Kier alpha value is -1.22. The summed E-state index contributed by atoms with van der Waals surface area (Å²) < 4.78 is 5.36. The van der Waals surface area contributed by atoms with Crippen LogP contribution in [0.1, 0.15) is 20.3 Å². The lowest BCUT2D eigenvalue weighted by molar-refractivity contribution is 0.195. The fourth-order valence-electron chi connectivity index (χ4n) is 2.24. The number of ether oxygens (including phenoxy) is 1. The van der Waals surface area contributed by atoms with Crippen LogP contribution in [0.4, 0.5) is 11.4 Å². The van der Waals surface area contributed by atoms with Gasteiger partial charge in [0.25, 0.3) is 0 Å².